The number of benzene rings is 1. The summed E-state index contributed by atoms with van der Waals surface area (Å²) in [4.78, 5) is 12.1. The number of hydrogen-bond donors (Lipinski definition) is 1. The topological polar surface area (TPSA) is 52.3 Å². The third-order valence-electron chi connectivity index (χ3n) is 3.39. The number of ether oxygens (including phenoxy) is 1. The summed E-state index contributed by atoms with van der Waals surface area (Å²) >= 11 is 11.8. The first-order valence-corrected chi connectivity index (χ1v) is 7.29. The number of esters is 1. The van der Waals surface area contributed by atoms with Gasteiger partial charge in [0.1, 0.15) is 6.10 Å². The molecule has 0 amide bonds. The lowest BCUT2D eigenvalue weighted by Crippen LogP contribution is -2.17. The molecule has 5 heteroatoms. The predicted molar refractivity (Wildman–Crippen MR) is 77.8 cm³/mol. The zero-order valence-electron chi connectivity index (χ0n) is 10.6. The lowest BCUT2D eigenvalue weighted by atomic mass is 10.1. The molecule has 0 saturated heterocycles. The summed E-state index contributed by atoms with van der Waals surface area (Å²) in [5.74, 6) is -0.379. The first-order chi connectivity index (χ1) is 9.08. The molecule has 2 N–H and O–H groups in total. The smallest absolute Gasteiger partial charge is 0.338 e. The van der Waals surface area contributed by atoms with Gasteiger partial charge in [0.2, 0.25) is 0 Å². The Morgan fingerprint density at radius 2 is 1.63 bits per heavy atom. The Kier molecular flexibility index (Phi) is 4.94. The van der Waals surface area contributed by atoms with Crippen LogP contribution in [0, 0.1) is 0 Å². The molecule has 0 atom stereocenters. The molecule has 1 aliphatic carbocycles. The number of nitrogen functional groups attached to an aromatic ring is 1. The fraction of sp³-hybridized carbons (Fsp3) is 0.500. The number of halogens is 2. The number of carbonyl (C=O) groups is 1. The first kappa shape index (κ1) is 14.5. The van der Waals surface area contributed by atoms with Crippen molar-refractivity contribution >= 4 is 34.9 Å². The monoisotopic (exact) mass is 301 g/mol. The molecule has 3 nitrogen and oxygen atoms in total. The standard InChI is InChI=1S/C14H17Cl2NO2/c15-11-7-9(8-12(16)13(11)17)14(18)19-10-5-3-1-2-4-6-10/h7-8,10H,1-6,17H2. The van der Waals surface area contributed by atoms with E-state index in [1.807, 2.05) is 0 Å². The van der Waals surface area contributed by atoms with Crippen molar-refractivity contribution in [2.24, 2.45) is 0 Å². The van der Waals surface area contributed by atoms with Gasteiger partial charge in [-0.1, -0.05) is 36.0 Å². The van der Waals surface area contributed by atoms with Gasteiger partial charge in [-0.05, 0) is 37.8 Å². The number of hydrogen-bond acceptors (Lipinski definition) is 3. The van der Waals surface area contributed by atoms with Crippen LogP contribution < -0.4 is 5.73 Å². The van der Waals surface area contributed by atoms with Gasteiger partial charge in [0.25, 0.3) is 0 Å². The van der Waals surface area contributed by atoms with E-state index in [2.05, 4.69) is 0 Å². The van der Waals surface area contributed by atoms with E-state index in [1.54, 1.807) is 0 Å². The molecular weight excluding hydrogens is 285 g/mol. The quantitative estimate of drug-likeness (QED) is 0.498. The van der Waals surface area contributed by atoms with Crippen molar-refractivity contribution in [1.29, 1.82) is 0 Å². The number of carbonyl (C=O) groups excluding carboxylic acids is 1. The maximum atomic E-state index is 12.1. The van der Waals surface area contributed by atoms with Crippen molar-refractivity contribution in [2.75, 3.05) is 5.73 Å². The minimum Gasteiger partial charge on any atom is -0.459 e. The molecule has 19 heavy (non-hydrogen) atoms. The van der Waals surface area contributed by atoms with Gasteiger partial charge >= 0.3 is 5.97 Å². The van der Waals surface area contributed by atoms with Crippen molar-refractivity contribution in [3.05, 3.63) is 27.7 Å². The van der Waals surface area contributed by atoms with E-state index in [0.29, 0.717) is 5.56 Å². The number of nitrogens with two attached hydrogens (primary N) is 1. The summed E-state index contributed by atoms with van der Waals surface area (Å²) in [5.41, 5.74) is 6.28. The lowest BCUT2D eigenvalue weighted by molar-refractivity contribution is 0.0267. The molecule has 1 aromatic carbocycles. The van der Waals surface area contributed by atoms with Crippen LogP contribution in [-0.4, -0.2) is 12.1 Å². The van der Waals surface area contributed by atoms with Crippen LogP contribution in [-0.2, 0) is 4.74 Å². The van der Waals surface area contributed by atoms with Gasteiger partial charge < -0.3 is 10.5 Å². The molecule has 0 aromatic heterocycles. The van der Waals surface area contributed by atoms with E-state index in [9.17, 15) is 4.79 Å². The SMILES string of the molecule is Nc1c(Cl)cc(C(=O)OC2CCCCCC2)cc1Cl. The minimum absolute atomic E-state index is 0.00473. The second-order valence-corrected chi connectivity index (χ2v) is 5.69. The van der Waals surface area contributed by atoms with Crippen LogP contribution in [0.15, 0.2) is 12.1 Å². The van der Waals surface area contributed by atoms with Crippen LogP contribution in [0.2, 0.25) is 10.0 Å². The zero-order valence-corrected chi connectivity index (χ0v) is 12.1. The van der Waals surface area contributed by atoms with E-state index >= 15 is 0 Å². The third-order valence-corrected chi connectivity index (χ3v) is 4.02. The Labute approximate surface area is 123 Å². The van der Waals surface area contributed by atoms with Gasteiger partial charge in [-0.15, -0.1) is 0 Å². The van der Waals surface area contributed by atoms with Gasteiger partial charge in [-0.25, -0.2) is 4.79 Å². The molecule has 0 radical (unpaired) electrons. The Hall–Kier alpha value is -0.930. The summed E-state index contributed by atoms with van der Waals surface area (Å²) < 4.78 is 5.51. The Morgan fingerprint density at radius 3 is 2.16 bits per heavy atom. The summed E-state index contributed by atoms with van der Waals surface area (Å²) in [6, 6.07) is 3.00. The van der Waals surface area contributed by atoms with Gasteiger partial charge in [0.05, 0.1) is 21.3 Å². The Balaban J connectivity index is 2.07. The second kappa shape index (κ2) is 6.49. The van der Waals surface area contributed by atoms with Crippen molar-refractivity contribution in [1.82, 2.24) is 0 Å². The van der Waals surface area contributed by atoms with E-state index < -0.39 is 0 Å². The second-order valence-electron chi connectivity index (χ2n) is 4.87. The van der Waals surface area contributed by atoms with Crippen LogP contribution in [0.4, 0.5) is 5.69 Å². The maximum absolute atomic E-state index is 12.1. The highest BCUT2D eigenvalue weighted by molar-refractivity contribution is 6.39. The third kappa shape index (κ3) is 3.77. The summed E-state index contributed by atoms with van der Waals surface area (Å²) in [7, 11) is 0. The first-order valence-electron chi connectivity index (χ1n) is 6.53. The van der Waals surface area contributed by atoms with Gasteiger partial charge in [-0.2, -0.15) is 0 Å². The van der Waals surface area contributed by atoms with E-state index in [1.165, 1.54) is 25.0 Å². The number of rotatable bonds is 2. The molecule has 1 aromatic rings. The van der Waals surface area contributed by atoms with Crippen LogP contribution in [0.25, 0.3) is 0 Å². The molecule has 0 unspecified atom stereocenters. The average Bonchev–Trinajstić information content (AvgIpc) is 2.64. The summed E-state index contributed by atoms with van der Waals surface area (Å²) in [6.45, 7) is 0. The van der Waals surface area contributed by atoms with Gasteiger partial charge in [-0.3, -0.25) is 0 Å². The largest absolute Gasteiger partial charge is 0.459 e. The van der Waals surface area contributed by atoms with Crippen molar-refractivity contribution in [3.63, 3.8) is 0 Å². The molecule has 1 fully saturated rings. The molecule has 0 aliphatic heterocycles. The fourth-order valence-electron chi connectivity index (χ4n) is 2.28. The highest BCUT2D eigenvalue weighted by Gasteiger charge is 2.19. The molecular formula is C14H17Cl2NO2. The zero-order chi connectivity index (χ0) is 13.8. The highest BCUT2D eigenvalue weighted by Crippen LogP contribution is 2.29. The highest BCUT2D eigenvalue weighted by atomic mass is 35.5. The fourth-order valence-corrected chi connectivity index (χ4v) is 2.77. The average molecular weight is 302 g/mol. The van der Waals surface area contributed by atoms with Crippen LogP contribution in [0.1, 0.15) is 48.9 Å². The van der Waals surface area contributed by atoms with Crippen LogP contribution in [0.5, 0.6) is 0 Å². The molecule has 104 valence electrons. The molecule has 1 saturated carbocycles. The van der Waals surface area contributed by atoms with E-state index in [0.717, 1.165) is 25.7 Å². The maximum Gasteiger partial charge on any atom is 0.338 e. The van der Waals surface area contributed by atoms with Crippen LogP contribution >= 0.6 is 23.2 Å². The molecule has 1 aliphatic rings. The molecule has 0 heterocycles. The van der Waals surface area contributed by atoms with Crippen LogP contribution in [0.3, 0.4) is 0 Å². The lowest BCUT2D eigenvalue weighted by Gasteiger charge is -2.15. The predicted octanol–water partition coefficient (Wildman–Crippen LogP) is 4.46. The normalized spacial score (nSPS) is 16.9. The van der Waals surface area contributed by atoms with E-state index in [-0.39, 0.29) is 27.8 Å². The Bertz CT molecular complexity index is 446. The van der Waals surface area contributed by atoms with Gasteiger partial charge in [0.15, 0.2) is 0 Å². The van der Waals surface area contributed by atoms with Crippen molar-refractivity contribution in [3.8, 4) is 0 Å². The van der Waals surface area contributed by atoms with E-state index in [4.69, 9.17) is 33.7 Å². The minimum atomic E-state index is -0.379. The molecule has 0 bridgehead atoms. The molecule has 0 spiro atoms. The summed E-state index contributed by atoms with van der Waals surface area (Å²) in [5, 5.41) is 0.556. The molecule has 2 rings (SSSR count). The Morgan fingerprint density at radius 1 is 1.11 bits per heavy atom. The van der Waals surface area contributed by atoms with Crippen molar-refractivity contribution in [2.45, 2.75) is 44.6 Å². The van der Waals surface area contributed by atoms with Crippen molar-refractivity contribution < 1.29 is 9.53 Å². The van der Waals surface area contributed by atoms with Gasteiger partial charge in [0, 0.05) is 0 Å². The number of anilines is 1. The summed E-state index contributed by atoms with van der Waals surface area (Å²) in [6.07, 6.45) is 6.53.